The lowest BCUT2D eigenvalue weighted by atomic mass is 9.90. The summed E-state index contributed by atoms with van der Waals surface area (Å²) in [6.07, 6.45) is 4.43. The zero-order chi connectivity index (χ0) is 33.8. The van der Waals surface area contributed by atoms with Gasteiger partial charge in [-0.15, -0.1) is 0 Å². The molecule has 15 heteroatoms. The monoisotopic (exact) mass is 673 g/mol. The molecule has 0 saturated carbocycles. The highest BCUT2D eigenvalue weighted by molar-refractivity contribution is 7.52. The number of hydrogen-bond acceptors (Lipinski definition) is 12. The molecule has 5 rings (SSSR count). The van der Waals surface area contributed by atoms with Crippen molar-refractivity contribution >= 4 is 24.9 Å². The van der Waals surface area contributed by atoms with Gasteiger partial charge in [-0.2, -0.15) is 10.1 Å². The quantitative estimate of drug-likeness (QED) is 0.203. The molecule has 0 radical (unpaired) electrons. The third-order valence-corrected chi connectivity index (χ3v) is 9.55. The van der Waals surface area contributed by atoms with Crippen molar-refractivity contribution < 1.29 is 42.8 Å². The molecule has 2 aliphatic rings. The van der Waals surface area contributed by atoms with Crippen LogP contribution in [0.25, 0.3) is 11.2 Å². The first-order chi connectivity index (χ1) is 22.3. The summed E-state index contributed by atoms with van der Waals surface area (Å²) in [5.74, 6) is -0.0883. The summed E-state index contributed by atoms with van der Waals surface area (Å²) >= 11 is 0. The number of esters is 1. The van der Waals surface area contributed by atoms with E-state index in [9.17, 15) is 19.6 Å². The van der Waals surface area contributed by atoms with Crippen LogP contribution in [0.4, 0.5) is 0 Å². The van der Waals surface area contributed by atoms with Gasteiger partial charge in [-0.25, -0.2) is 14.5 Å². The molecule has 0 spiro atoms. The van der Waals surface area contributed by atoms with Gasteiger partial charge >= 0.3 is 13.7 Å². The van der Waals surface area contributed by atoms with E-state index in [1.807, 2.05) is 39.8 Å². The number of ether oxygens (including phenoxy) is 3. The van der Waals surface area contributed by atoms with Crippen LogP contribution in [0.5, 0.6) is 11.6 Å². The molecule has 3 N–H and O–H groups in total. The van der Waals surface area contributed by atoms with Gasteiger partial charge in [0.1, 0.15) is 35.9 Å². The number of nitrogens with zero attached hydrogens (tertiary/aromatic N) is 4. The zero-order valence-corrected chi connectivity index (χ0v) is 28.2. The van der Waals surface area contributed by atoms with Crippen molar-refractivity contribution in [1.29, 1.82) is 0 Å². The molecule has 2 aromatic heterocycles. The largest absolute Gasteiger partial charge is 0.476 e. The number of carbonyl (C=O) groups is 1. The van der Waals surface area contributed by atoms with E-state index in [0.29, 0.717) is 30.6 Å². The van der Waals surface area contributed by atoms with Crippen molar-refractivity contribution in [2.75, 3.05) is 19.8 Å². The van der Waals surface area contributed by atoms with E-state index in [2.05, 4.69) is 20.0 Å². The minimum Gasteiger partial charge on any atom is -0.476 e. The number of benzene rings is 1. The number of aliphatic hydroxyl groups is 2. The predicted molar refractivity (Wildman–Crippen MR) is 171 cm³/mol. The van der Waals surface area contributed by atoms with Crippen molar-refractivity contribution in [2.24, 2.45) is 11.3 Å². The Kier molecular flexibility index (Phi) is 10.7. The number of fused-ring (bicyclic) bond motifs is 3. The minimum absolute atomic E-state index is 0.0205. The number of para-hydroxylation sites is 1. The number of nitrogens with one attached hydrogen (secondary N) is 1. The molecule has 14 nitrogen and oxygen atoms in total. The van der Waals surface area contributed by atoms with Gasteiger partial charge < -0.3 is 28.9 Å². The normalized spacial score (nSPS) is 31.4. The average molecular weight is 674 g/mol. The summed E-state index contributed by atoms with van der Waals surface area (Å²) in [5.41, 5.74) is -1.55. The lowest BCUT2D eigenvalue weighted by Crippen LogP contribution is -2.44. The maximum Gasteiger partial charge on any atom is 0.459 e. The smallest absolute Gasteiger partial charge is 0.459 e. The second-order valence-electron chi connectivity index (χ2n) is 13.3. The van der Waals surface area contributed by atoms with Gasteiger partial charge in [-0.05, 0) is 44.2 Å². The summed E-state index contributed by atoms with van der Waals surface area (Å²) in [6, 6.07) is 7.35. The van der Waals surface area contributed by atoms with Crippen molar-refractivity contribution in [3.05, 3.63) is 55.1 Å². The van der Waals surface area contributed by atoms with Crippen LogP contribution >= 0.6 is 7.75 Å². The number of carbonyl (C=O) groups excluding carboxylic acids is 1. The number of cyclic esters (lactones) is 1. The molecule has 2 aliphatic heterocycles. The Labute approximate surface area is 274 Å². The van der Waals surface area contributed by atoms with Gasteiger partial charge in [0.2, 0.25) is 5.88 Å². The number of imidazole rings is 1. The molecule has 0 amide bonds. The topological polar surface area (TPSA) is 176 Å². The number of aromatic nitrogens is 4. The van der Waals surface area contributed by atoms with Crippen LogP contribution in [0.2, 0.25) is 0 Å². The van der Waals surface area contributed by atoms with Crippen molar-refractivity contribution in [3.8, 4) is 11.6 Å². The van der Waals surface area contributed by atoms with Crippen LogP contribution in [-0.2, 0) is 23.4 Å². The molecule has 1 saturated heterocycles. The zero-order valence-electron chi connectivity index (χ0n) is 27.3. The number of hydrogen-bond donors (Lipinski definition) is 3. The van der Waals surface area contributed by atoms with Crippen molar-refractivity contribution in [1.82, 2.24) is 24.6 Å². The first-order valence-corrected chi connectivity index (χ1v) is 17.3. The summed E-state index contributed by atoms with van der Waals surface area (Å²) in [6.45, 7) is 9.22. The predicted octanol–water partition coefficient (Wildman–Crippen LogP) is 4.34. The molecule has 256 valence electrons. The van der Waals surface area contributed by atoms with Gasteiger partial charge in [-0.1, -0.05) is 58.0 Å². The van der Waals surface area contributed by atoms with E-state index in [1.165, 1.54) is 24.1 Å². The number of aliphatic hydroxyl groups excluding tert-OH is 1. The Bertz CT molecular complexity index is 1600. The second kappa shape index (κ2) is 14.4. The fraction of sp³-hybridized carbons (Fsp3) is 0.562. The third kappa shape index (κ3) is 8.37. The van der Waals surface area contributed by atoms with E-state index in [1.54, 1.807) is 30.3 Å². The van der Waals surface area contributed by atoms with Crippen LogP contribution in [-0.4, -0.2) is 79.4 Å². The maximum absolute atomic E-state index is 14.4. The Morgan fingerprint density at radius 2 is 1.89 bits per heavy atom. The van der Waals surface area contributed by atoms with Crippen LogP contribution in [0.3, 0.4) is 0 Å². The van der Waals surface area contributed by atoms with Crippen LogP contribution in [0, 0.1) is 11.3 Å². The molecule has 4 heterocycles. The molecule has 3 aromatic rings. The summed E-state index contributed by atoms with van der Waals surface area (Å²) in [4.78, 5) is 26.4. The molecule has 0 aliphatic carbocycles. The SMILES string of the molecule is CC(C)C[C@H]1NP(=O)(Oc2ccccc2)OC[C@H]2O[C@@H](n3cnc4c(ncnc43)OCC/C=C/CC(C)(C)COC1=O)[C@](C)(O)[C@@H]2O. The van der Waals surface area contributed by atoms with Crippen LogP contribution in [0.15, 0.2) is 55.1 Å². The van der Waals surface area contributed by atoms with E-state index in [4.69, 9.17) is 23.3 Å². The highest BCUT2D eigenvalue weighted by Gasteiger charge is 2.54. The van der Waals surface area contributed by atoms with Crippen molar-refractivity contribution in [3.63, 3.8) is 0 Å². The molecule has 1 fully saturated rings. The number of rotatable bonds is 4. The molecular weight excluding hydrogens is 629 g/mol. The van der Waals surface area contributed by atoms with Gasteiger partial charge in [0, 0.05) is 5.41 Å². The minimum atomic E-state index is -4.32. The molecule has 6 bridgehead atoms. The van der Waals surface area contributed by atoms with E-state index in [-0.39, 0.29) is 36.0 Å². The first kappa shape index (κ1) is 34.9. The molecule has 1 unspecified atom stereocenters. The van der Waals surface area contributed by atoms with Gasteiger partial charge in [-0.3, -0.25) is 13.9 Å². The van der Waals surface area contributed by atoms with Gasteiger partial charge in [0.15, 0.2) is 17.4 Å². The summed E-state index contributed by atoms with van der Waals surface area (Å²) in [5, 5.41) is 25.5. The third-order valence-electron chi connectivity index (χ3n) is 7.98. The van der Waals surface area contributed by atoms with Crippen molar-refractivity contribution in [2.45, 2.75) is 84.0 Å². The average Bonchev–Trinajstić information content (AvgIpc) is 3.54. The lowest BCUT2D eigenvalue weighted by Gasteiger charge is -2.28. The molecule has 47 heavy (non-hydrogen) atoms. The summed E-state index contributed by atoms with van der Waals surface area (Å²) in [7, 11) is -4.32. The molecule has 6 atom stereocenters. The highest BCUT2D eigenvalue weighted by Crippen LogP contribution is 2.47. The first-order valence-electron chi connectivity index (χ1n) is 15.7. The summed E-state index contributed by atoms with van der Waals surface area (Å²) < 4.78 is 45.4. The molecular formula is C32H44N5O9P. The van der Waals surface area contributed by atoms with E-state index in [0.717, 1.165) is 0 Å². The van der Waals surface area contributed by atoms with Gasteiger partial charge in [0.25, 0.3) is 0 Å². The fourth-order valence-electron chi connectivity index (χ4n) is 5.40. The number of allylic oxidation sites excluding steroid dienone is 1. The van der Waals surface area contributed by atoms with Gasteiger partial charge in [0.05, 0.1) is 26.1 Å². The Balaban J connectivity index is 1.49. The fourth-order valence-corrected chi connectivity index (χ4v) is 6.92. The lowest BCUT2D eigenvalue weighted by molar-refractivity contribution is -0.149. The Hall–Kier alpha value is -3.39. The van der Waals surface area contributed by atoms with E-state index < -0.39 is 50.4 Å². The standard InChI is InChI=1S/C32H44N5O9P/c1-21(2)16-23-29(39)43-18-31(3,4)14-10-7-11-15-42-28-25-27(33-19-34-28)37(20-35-25)30-32(5,40)26(38)24(45-30)17-44-47(41,36-23)46-22-12-8-6-9-13-22/h6-10,12-13,19-21,23-24,26,30,38,40H,11,14-18H2,1-5H3,(H,36,41)/b10-7+/t23-,24-,26-,30-,32-,47?/m1/s1. The Morgan fingerprint density at radius 1 is 1.13 bits per heavy atom. The Morgan fingerprint density at radius 3 is 2.64 bits per heavy atom. The van der Waals surface area contributed by atoms with E-state index >= 15 is 0 Å². The molecule has 1 aromatic carbocycles. The van der Waals surface area contributed by atoms with Crippen LogP contribution < -0.4 is 14.3 Å². The second-order valence-corrected chi connectivity index (χ2v) is 15.0. The van der Waals surface area contributed by atoms with Crippen LogP contribution in [0.1, 0.15) is 60.1 Å². The maximum atomic E-state index is 14.4. The highest BCUT2D eigenvalue weighted by atomic mass is 31.2.